The molecule has 0 radical (unpaired) electrons. The average molecular weight is 531 g/mol. The Morgan fingerprint density at radius 2 is 1.45 bits per heavy atom. The van der Waals surface area contributed by atoms with Crippen molar-refractivity contribution >= 4 is 54.6 Å². The Bertz CT molecular complexity index is 1340. The zero-order chi connectivity index (χ0) is 24.2. The van der Waals surface area contributed by atoms with Crippen LogP contribution in [0.25, 0.3) is 0 Å². The maximum Gasteiger partial charge on any atom is 0.262 e. The summed E-state index contributed by atoms with van der Waals surface area (Å²) in [6, 6.07) is 14.6. The largest absolute Gasteiger partial charge is 0.497 e. The first-order valence-electron chi connectivity index (χ1n) is 9.33. The van der Waals surface area contributed by atoms with Gasteiger partial charge < -0.3 is 9.47 Å². The number of rotatable bonds is 9. The molecule has 0 aliphatic heterocycles. The van der Waals surface area contributed by atoms with E-state index in [-0.39, 0.29) is 37.6 Å². The Hall–Kier alpha value is -2.66. The van der Waals surface area contributed by atoms with E-state index in [1.165, 1.54) is 44.6 Å². The van der Waals surface area contributed by atoms with Crippen molar-refractivity contribution < 1.29 is 26.3 Å². The Morgan fingerprint density at radius 1 is 0.818 bits per heavy atom. The van der Waals surface area contributed by atoms with Crippen LogP contribution in [0.1, 0.15) is 5.56 Å². The lowest BCUT2D eigenvalue weighted by Gasteiger charge is -2.14. The third kappa shape index (κ3) is 6.23. The average Bonchev–Trinajstić information content (AvgIpc) is 2.76. The van der Waals surface area contributed by atoms with Crippen molar-refractivity contribution in [2.24, 2.45) is 0 Å². The van der Waals surface area contributed by atoms with Gasteiger partial charge in [0, 0.05) is 27.4 Å². The van der Waals surface area contributed by atoms with Gasteiger partial charge >= 0.3 is 0 Å². The van der Waals surface area contributed by atoms with Crippen molar-refractivity contribution in [3.63, 3.8) is 0 Å². The van der Waals surface area contributed by atoms with Crippen molar-refractivity contribution in [2.45, 2.75) is 10.6 Å². The summed E-state index contributed by atoms with van der Waals surface area (Å²) in [5, 5.41) is 0.462. The highest BCUT2D eigenvalue weighted by atomic mass is 35.5. The van der Waals surface area contributed by atoms with Gasteiger partial charge in [-0.2, -0.15) is 0 Å². The van der Waals surface area contributed by atoms with Gasteiger partial charge in [0.15, 0.2) is 0 Å². The van der Waals surface area contributed by atoms with Crippen molar-refractivity contribution in [1.82, 2.24) is 0 Å². The van der Waals surface area contributed by atoms with E-state index in [1.54, 1.807) is 30.3 Å². The predicted octanol–water partition coefficient (Wildman–Crippen LogP) is 4.75. The van der Waals surface area contributed by atoms with Crippen LogP contribution in [0, 0.1) is 0 Å². The highest BCUT2D eigenvalue weighted by Gasteiger charge is 2.19. The van der Waals surface area contributed by atoms with Gasteiger partial charge in [-0.05, 0) is 48.5 Å². The molecule has 0 saturated carbocycles. The van der Waals surface area contributed by atoms with Gasteiger partial charge in [0.05, 0.1) is 30.6 Å². The number of methoxy groups -OCH3 is 2. The summed E-state index contributed by atoms with van der Waals surface area (Å²) in [7, 11) is -4.94. The second kappa shape index (κ2) is 10.1. The third-order valence-electron chi connectivity index (χ3n) is 4.49. The van der Waals surface area contributed by atoms with E-state index in [0.717, 1.165) is 0 Å². The minimum atomic E-state index is -3.97. The summed E-state index contributed by atoms with van der Waals surface area (Å²) in [6.45, 7) is 0. The molecule has 8 nitrogen and oxygen atoms in total. The molecular formula is C21H20Cl2N2O6S2. The standard InChI is InChI=1S/C21H20Cl2N2O6S2/c1-30-15-8-11-20(21(12-15)31-2)25-33(28,29)16-9-6-14(7-10-16)24-32(26,27)13-17-18(22)4-3-5-19(17)23/h3-12,24-25H,13H2,1-2H3. The summed E-state index contributed by atoms with van der Waals surface area (Å²) in [4.78, 5) is -0.0718. The zero-order valence-corrected chi connectivity index (χ0v) is 20.6. The van der Waals surface area contributed by atoms with Crippen LogP contribution in [0.2, 0.25) is 10.0 Å². The molecule has 0 unspecified atom stereocenters. The molecule has 0 saturated heterocycles. The third-order valence-corrected chi connectivity index (χ3v) is 7.79. The number of halogens is 2. The highest BCUT2D eigenvalue weighted by Crippen LogP contribution is 2.31. The lowest BCUT2D eigenvalue weighted by molar-refractivity contribution is 0.395. The molecule has 0 aliphatic carbocycles. The second-order valence-corrected chi connectivity index (χ2v) is 11.0. The maximum absolute atomic E-state index is 12.8. The number of hydrogen-bond donors (Lipinski definition) is 2. The van der Waals surface area contributed by atoms with Crippen molar-refractivity contribution in [3.05, 3.63) is 76.3 Å². The Kier molecular flexibility index (Phi) is 7.63. The molecule has 3 rings (SSSR count). The Morgan fingerprint density at radius 3 is 2.03 bits per heavy atom. The number of anilines is 2. The summed E-state index contributed by atoms with van der Waals surface area (Å²) in [5.41, 5.74) is 0.670. The molecule has 0 aromatic heterocycles. The van der Waals surface area contributed by atoms with Crippen LogP contribution in [0.4, 0.5) is 11.4 Å². The van der Waals surface area contributed by atoms with Crippen LogP contribution < -0.4 is 18.9 Å². The molecule has 0 amide bonds. The summed E-state index contributed by atoms with van der Waals surface area (Å²) in [6.07, 6.45) is 0. The van der Waals surface area contributed by atoms with E-state index in [1.807, 2.05) is 0 Å². The van der Waals surface area contributed by atoms with E-state index in [9.17, 15) is 16.8 Å². The predicted molar refractivity (Wildman–Crippen MR) is 130 cm³/mol. The molecule has 176 valence electrons. The second-order valence-electron chi connectivity index (χ2n) is 6.76. The van der Waals surface area contributed by atoms with Gasteiger partial charge in [-0.1, -0.05) is 29.3 Å². The van der Waals surface area contributed by atoms with E-state index in [0.29, 0.717) is 5.75 Å². The quantitative estimate of drug-likeness (QED) is 0.412. The SMILES string of the molecule is COc1ccc(NS(=O)(=O)c2ccc(NS(=O)(=O)Cc3c(Cl)cccc3Cl)cc2)c(OC)c1. The van der Waals surface area contributed by atoms with E-state index in [4.69, 9.17) is 32.7 Å². The van der Waals surface area contributed by atoms with E-state index < -0.39 is 25.8 Å². The fourth-order valence-electron chi connectivity index (χ4n) is 2.86. The van der Waals surface area contributed by atoms with Gasteiger partial charge in [-0.25, -0.2) is 16.8 Å². The molecular weight excluding hydrogens is 511 g/mol. The molecule has 0 bridgehead atoms. The van der Waals surface area contributed by atoms with E-state index in [2.05, 4.69) is 9.44 Å². The van der Waals surface area contributed by atoms with E-state index >= 15 is 0 Å². The maximum atomic E-state index is 12.8. The van der Waals surface area contributed by atoms with Crippen LogP contribution in [0.15, 0.2) is 65.6 Å². The molecule has 0 aliphatic rings. The monoisotopic (exact) mass is 530 g/mol. The molecule has 0 spiro atoms. The first-order chi connectivity index (χ1) is 15.5. The van der Waals surface area contributed by atoms with Gasteiger partial charge in [-0.3, -0.25) is 9.44 Å². The minimum absolute atomic E-state index is 0.0718. The van der Waals surface area contributed by atoms with Crippen molar-refractivity contribution in [1.29, 1.82) is 0 Å². The zero-order valence-electron chi connectivity index (χ0n) is 17.5. The van der Waals surface area contributed by atoms with Gasteiger partial charge in [0.25, 0.3) is 10.0 Å². The number of sulfonamides is 2. The smallest absolute Gasteiger partial charge is 0.262 e. The number of nitrogens with one attached hydrogen (secondary N) is 2. The van der Waals surface area contributed by atoms with Crippen LogP contribution in [-0.4, -0.2) is 31.1 Å². The van der Waals surface area contributed by atoms with Gasteiger partial charge in [-0.15, -0.1) is 0 Å². The normalized spacial score (nSPS) is 11.6. The van der Waals surface area contributed by atoms with Crippen molar-refractivity contribution in [2.75, 3.05) is 23.7 Å². The summed E-state index contributed by atoms with van der Waals surface area (Å²) >= 11 is 12.1. The first-order valence-corrected chi connectivity index (χ1v) is 13.2. The fraction of sp³-hybridized carbons (Fsp3) is 0.143. The van der Waals surface area contributed by atoms with Crippen LogP contribution in [0.3, 0.4) is 0 Å². The van der Waals surface area contributed by atoms with Crippen molar-refractivity contribution in [3.8, 4) is 11.5 Å². The fourth-order valence-corrected chi connectivity index (χ4v) is 5.88. The first kappa shape index (κ1) is 25.0. The molecule has 0 heterocycles. The van der Waals surface area contributed by atoms with Crippen LogP contribution in [-0.2, 0) is 25.8 Å². The molecule has 33 heavy (non-hydrogen) atoms. The molecule has 0 atom stereocenters. The minimum Gasteiger partial charge on any atom is -0.497 e. The lowest BCUT2D eigenvalue weighted by Crippen LogP contribution is -2.16. The topological polar surface area (TPSA) is 111 Å². The number of ether oxygens (including phenoxy) is 2. The number of benzene rings is 3. The summed E-state index contributed by atoms with van der Waals surface area (Å²) in [5.74, 6) is 0.342. The van der Waals surface area contributed by atoms with Crippen LogP contribution >= 0.6 is 23.2 Å². The molecule has 3 aromatic rings. The van der Waals surface area contributed by atoms with Gasteiger partial charge in [0.2, 0.25) is 10.0 Å². The molecule has 3 aromatic carbocycles. The lowest BCUT2D eigenvalue weighted by atomic mass is 10.2. The Labute approximate surface area is 202 Å². The summed E-state index contributed by atoms with van der Waals surface area (Å²) < 4.78 is 65.8. The molecule has 2 N–H and O–H groups in total. The highest BCUT2D eigenvalue weighted by molar-refractivity contribution is 7.92. The number of hydrogen-bond acceptors (Lipinski definition) is 6. The molecule has 12 heteroatoms. The van der Waals surface area contributed by atoms with Gasteiger partial charge in [0.1, 0.15) is 11.5 Å². The van der Waals surface area contributed by atoms with Crippen LogP contribution in [0.5, 0.6) is 11.5 Å². The Balaban J connectivity index is 1.77. The molecule has 0 fully saturated rings.